The number of hydrogen-bond acceptors (Lipinski definition) is 5. The van der Waals surface area contributed by atoms with Gasteiger partial charge in [0, 0.05) is 12.2 Å². The first kappa shape index (κ1) is 14.3. The fourth-order valence-electron chi connectivity index (χ4n) is 2.63. The largest absolute Gasteiger partial charge is 0.362 e. The standard InChI is InChI=1S/C18H16N6/c1-13(14-5-3-2-4-6-14)22-17-10-20-11-18(23-17)24-12-21-15-9-19-8-7-16(15)24/h2-13H,1H3,(H,22,23). The molecule has 6 heteroatoms. The summed E-state index contributed by atoms with van der Waals surface area (Å²) >= 11 is 0. The Labute approximate surface area is 139 Å². The molecular weight excluding hydrogens is 300 g/mol. The molecule has 1 N–H and O–H groups in total. The van der Waals surface area contributed by atoms with Gasteiger partial charge in [0.2, 0.25) is 0 Å². The molecule has 0 aliphatic rings. The second-order valence-corrected chi connectivity index (χ2v) is 5.52. The van der Waals surface area contributed by atoms with Gasteiger partial charge >= 0.3 is 0 Å². The van der Waals surface area contributed by atoms with Crippen LogP contribution in [0.5, 0.6) is 0 Å². The zero-order valence-electron chi connectivity index (χ0n) is 13.2. The number of hydrogen-bond donors (Lipinski definition) is 1. The average Bonchev–Trinajstić information content (AvgIpc) is 3.07. The van der Waals surface area contributed by atoms with Crippen LogP contribution in [0.1, 0.15) is 18.5 Å². The summed E-state index contributed by atoms with van der Waals surface area (Å²) in [4.78, 5) is 17.4. The molecule has 118 valence electrons. The van der Waals surface area contributed by atoms with Crippen LogP contribution in [-0.4, -0.2) is 24.5 Å². The number of aromatic nitrogens is 5. The van der Waals surface area contributed by atoms with Crippen LogP contribution in [0, 0.1) is 0 Å². The lowest BCUT2D eigenvalue weighted by Crippen LogP contribution is -2.09. The lowest BCUT2D eigenvalue weighted by Gasteiger charge is -2.15. The topological polar surface area (TPSA) is 68.5 Å². The van der Waals surface area contributed by atoms with Crippen LogP contribution in [0.15, 0.2) is 67.5 Å². The van der Waals surface area contributed by atoms with E-state index in [1.807, 2.05) is 28.8 Å². The molecule has 0 spiro atoms. The van der Waals surface area contributed by atoms with Gasteiger partial charge in [0.15, 0.2) is 5.82 Å². The van der Waals surface area contributed by atoms with Gasteiger partial charge in [-0.15, -0.1) is 0 Å². The van der Waals surface area contributed by atoms with Crippen molar-refractivity contribution in [2.45, 2.75) is 13.0 Å². The summed E-state index contributed by atoms with van der Waals surface area (Å²) in [6, 6.07) is 12.3. The number of nitrogens with zero attached hydrogens (tertiary/aromatic N) is 5. The Hall–Kier alpha value is -3.28. The summed E-state index contributed by atoms with van der Waals surface area (Å²) in [7, 11) is 0. The van der Waals surface area contributed by atoms with Crippen LogP contribution in [0.4, 0.5) is 5.82 Å². The molecule has 3 aromatic heterocycles. The van der Waals surface area contributed by atoms with Crippen molar-refractivity contribution in [3.63, 3.8) is 0 Å². The first-order valence-corrected chi connectivity index (χ1v) is 7.72. The maximum Gasteiger partial charge on any atom is 0.159 e. The molecular formula is C18H16N6. The average molecular weight is 316 g/mol. The van der Waals surface area contributed by atoms with Gasteiger partial charge in [-0.05, 0) is 18.6 Å². The normalized spacial score (nSPS) is 12.2. The fourth-order valence-corrected chi connectivity index (χ4v) is 2.63. The number of pyridine rings is 1. The molecule has 0 aliphatic carbocycles. The number of anilines is 1. The van der Waals surface area contributed by atoms with E-state index in [1.165, 1.54) is 5.56 Å². The lowest BCUT2D eigenvalue weighted by atomic mass is 10.1. The van der Waals surface area contributed by atoms with E-state index < -0.39 is 0 Å². The van der Waals surface area contributed by atoms with Gasteiger partial charge in [-0.3, -0.25) is 14.5 Å². The van der Waals surface area contributed by atoms with E-state index in [0.717, 1.165) is 16.9 Å². The second kappa shape index (κ2) is 6.08. The van der Waals surface area contributed by atoms with Crippen molar-refractivity contribution in [3.8, 4) is 5.82 Å². The minimum atomic E-state index is 0.138. The van der Waals surface area contributed by atoms with Crippen molar-refractivity contribution in [1.82, 2.24) is 24.5 Å². The van der Waals surface area contributed by atoms with E-state index in [9.17, 15) is 0 Å². The molecule has 1 unspecified atom stereocenters. The van der Waals surface area contributed by atoms with E-state index in [2.05, 4.69) is 44.3 Å². The predicted molar refractivity (Wildman–Crippen MR) is 92.9 cm³/mol. The summed E-state index contributed by atoms with van der Waals surface area (Å²) in [6.07, 6.45) is 8.66. The van der Waals surface area contributed by atoms with Gasteiger partial charge in [-0.2, -0.15) is 0 Å². The second-order valence-electron chi connectivity index (χ2n) is 5.52. The van der Waals surface area contributed by atoms with Crippen LogP contribution in [0.25, 0.3) is 16.9 Å². The highest BCUT2D eigenvalue weighted by Crippen LogP contribution is 2.19. The molecule has 0 radical (unpaired) electrons. The van der Waals surface area contributed by atoms with E-state index in [0.29, 0.717) is 5.82 Å². The lowest BCUT2D eigenvalue weighted by molar-refractivity contribution is 0.865. The Morgan fingerprint density at radius 2 is 1.88 bits per heavy atom. The Morgan fingerprint density at radius 3 is 2.75 bits per heavy atom. The van der Waals surface area contributed by atoms with E-state index >= 15 is 0 Å². The highest BCUT2D eigenvalue weighted by molar-refractivity contribution is 5.75. The van der Waals surface area contributed by atoms with Crippen molar-refractivity contribution in [2.75, 3.05) is 5.32 Å². The number of nitrogens with one attached hydrogen (secondary N) is 1. The minimum Gasteiger partial charge on any atom is -0.362 e. The summed E-state index contributed by atoms with van der Waals surface area (Å²) in [5, 5.41) is 3.39. The van der Waals surface area contributed by atoms with Crippen molar-refractivity contribution in [1.29, 1.82) is 0 Å². The molecule has 4 rings (SSSR count). The third kappa shape index (κ3) is 2.69. The van der Waals surface area contributed by atoms with Crippen LogP contribution >= 0.6 is 0 Å². The van der Waals surface area contributed by atoms with Crippen molar-refractivity contribution < 1.29 is 0 Å². The van der Waals surface area contributed by atoms with Gasteiger partial charge < -0.3 is 5.32 Å². The first-order valence-electron chi connectivity index (χ1n) is 7.72. The molecule has 4 aromatic rings. The minimum absolute atomic E-state index is 0.138. The highest BCUT2D eigenvalue weighted by Gasteiger charge is 2.09. The Balaban J connectivity index is 1.64. The van der Waals surface area contributed by atoms with Crippen molar-refractivity contribution >= 4 is 16.9 Å². The Kier molecular flexibility index (Phi) is 3.63. The van der Waals surface area contributed by atoms with Crippen LogP contribution in [0.2, 0.25) is 0 Å². The summed E-state index contributed by atoms with van der Waals surface area (Å²) in [5.74, 6) is 1.44. The Bertz CT molecular complexity index is 963. The molecule has 0 bridgehead atoms. The van der Waals surface area contributed by atoms with Crippen LogP contribution in [0.3, 0.4) is 0 Å². The molecule has 0 fully saturated rings. The monoisotopic (exact) mass is 316 g/mol. The molecule has 0 amide bonds. The quantitative estimate of drug-likeness (QED) is 0.625. The molecule has 24 heavy (non-hydrogen) atoms. The van der Waals surface area contributed by atoms with Crippen molar-refractivity contribution in [2.24, 2.45) is 0 Å². The van der Waals surface area contributed by atoms with Gasteiger partial charge in [0.25, 0.3) is 0 Å². The molecule has 0 saturated carbocycles. The van der Waals surface area contributed by atoms with Gasteiger partial charge in [0.1, 0.15) is 17.7 Å². The smallest absolute Gasteiger partial charge is 0.159 e. The van der Waals surface area contributed by atoms with E-state index in [4.69, 9.17) is 0 Å². The van der Waals surface area contributed by atoms with Gasteiger partial charge in [0.05, 0.1) is 24.1 Å². The molecule has 1 aromatic carbocycles. The zero-order chi connectivity index (χ0) is 16.4. The maximum absolute atomic E-state index is 4.66. The van der Waals surface area contributed by atoms with Gasteiger partial charge in [-0.25, -0.2) is 9.97 Å². The van der Waals surface area contributed by atoms with Gasteiger partial charge in [-0.1, -0.05) is 30.3 Å². The number of fused-ring (bicyclic) bond motifs is 1. The first-order chi connectivity index (χ1) is 11.8. The summed E-state index contributed by atoms with van der Waals surface area (Å²) in [6.45, 7) is 2.10. The maximum atomic E-state index is 4.66. The fraction of sp³-hybridized carbons (Fsp3) is 0.111. The molecule has 0 aliphatic heterocycles. The third-order valence-electron chi connectivity index (χ3n) is 3.88. The summed E-state index contributed by atoms with van der Waals surface area (Å²) in [5.41, 5.74) is 2.98. The highest BCUT2D eigenvalue weighted by atomic mass is 15.2. The summed E-state index contributed by atoms with van der Waals surface area (Å²) < 4.78 is 1.91. The zero-order valence-corrected chi connectivity index (χ0v) is 13.2. The number of benzene rings is 1. The molecule has 3 heterocycles. The van der Waals surface area contributed by atoms with E-state index in [1.54, 1.807) is 31.1 Å². The third-order valence-corrected chi connectivity index (χ3v) is 3.88. The van der Waals surface area contributed by atoms with Crippen LogP contribution < -0.4 is 5.32 Å². The molecule has 0 saturated heterocycles. The SMILES string of the molecule is CC(Nc1cncc(-n2cnc3cnccc32)n1)c1ccccc1. The number of rotatable bonds is 4. The van der Waals surface area contributed by atoms with Crippen molar-refractivity contribution in [3.05, 3.63) is 73.1 Å². The molecule has 6 nitrogen and oxygen atoms in total. The van der Waals surface area contributed by atoms with Crippen LogP contribution in [-0.2, 0) is 0 Å². The predicted octanol–water partition coefficient (Wildman–Crippen LogP) is 3.38. The number of imidazole rings is 1. The van der Waals surface area contributed by atoms with E-state index in [-0.39, 0.29) is 6.04 Å². The Morgan fingerprint density at radius 1 is 1.00 bits per heavy atom. The molecule has 1 atom stereocenters.